The van der Waals surface area contributed by atoms with Gasteiger partial charge in [0.15, 0.2) is 0 Å². The maximum atomic E-state index is 14.0. The van der Waals surface area contributed by atoms with E-state index >= 15 is 0 Å². The molecule has 2 amide bonds. The number of rotatable bonds is 5. The molecule has 1 fully saturated rings. The van der Waals surface area contributed by atoms with E-state index in [9.17, 15) is 14.0 Å². The lowest BCUT2D eigenvalue weighted by Crippen LogP contribution is -2.55. The Kier molecular flexibility index (Phi) is 6.72. The molecule has 31 heavy (non-hydrogen) atoms. The molecule has 166 valence electrons. The Bertz CT molecular complexity index is 946. The van der Waals surface area contributed by atoms with Gasteiger partial charge in [-0.25, -0.2) is 4.39 Å². The van der Waals surface area contributed by atoms with Gasteiger partial charge in [-0.15, -0.1) is 11.3 Å². The number of carbonyl (C=O) groups is 2. The molecular formula is C24H30FN3O2S. The molecule has 1 aromatic carbocycles. The highest BCUT2D eigenvalue weighted by Gasteiger charge is 2.32. The fourth-order valence-electron chi connectivity index (χ4n) is 4.83. The number of nitrogens with zero attached hydrogens (tertiary/aromatic N) is 3. The van der Waals surface area contributed by atoms with Crippen LogP contribution in [0.15, 0.2) is 35.7 Å². The van der Waals surface area contributed by atoms with Gasteiger partial charge in [-0.2, -0.15) is 0 Å². The topological polar surface area (TPSA) is 43.9 Å². The second kappa shape index (κ2) is 9.49. The van der Waals surface area contributed by atoms with Gasteiger partial charge in [-0.3, -0.25) is 14.5 Å². The molecule has 2 aliphatic rings. The minimum atomic E-state index is -0.232. The molecule has 2 aliphatic heterocycles. The molecule has 2 atom stereocenters. The van der Waals surface area contributed by atoms with Crippen molar-refractivity contribution < 1.29 is 14.0 Å². The van der Waals surface area contributed by atoms with E-state index < -0.39 is 0 Å². The molecule has 0 aliphatic carbocycles. The molecule has 2 unspecified atom stereocenters. The summed E-state index contributed by atoms with van der Waals surface area (Å²) in [6, 6.07) is 8.98. The summed E-state index contributed by atoms with van der Waals surface area (Å²) in [5, 5.41) is 2.10. The Morgan fingerprint density at radius 2 is 2.00 bits per heavy atom. The molecule has 4 rings (SSSR count). The zero-order chi connectivity index (χ0) is 22.0. The molecule has 0 radical (unpaired) electrons. The summed E-state index contributed by atoms with van der Waals surface area (Å²) in [6.45, 7) is 7.17. The van der Waals surface area contributed by atoms with Gasteiger partial charge in [0, 0.05) is 56.5 Å². The third kappa shape index (κ3) is 4.67. The van der Waals surface area contributed by atoms with Gasteiger partial charge in [0.2, 0.25) is 11.8 Å². The van der Waals surface area contributed by atoms with Crippen molar-refractivity contribution in [3.8, 4) is 0 Å². The predicted octanol–water partition coefficient (Wildman–Crippen LogP) is 3.69. The normalized spacial score (nSPS) is 21.8. The van der Waals surface area contributed by atoms with Crippen LogP contribution in [0.4, 0.5) is 4.39 Å². The van der Waals surface area contributed by atoms with Crippen LogP contribution >= 0.6 is 11.3 Å². The highest BCUT2D eigenvalue weighted by molar-refractivity contribution is 7.10. The number of hydrogen-bond donors (Lipinski definition) is 0. The average molecular weight is 444 g/mol. The van der Waals surface area contributed by atoms with Crippen molar-refractivity contribution in [3.05, 3.63) is 57.5 Å². The van der Waals surface area contributed by atoms with Crippen LogP contribution in [0.25, 0.3) is 0 Å². The molecule has 0 spiro atoms. The Morgan fingerprint density at radius 3 is 2.74 bits per heavy atom. The maximum absolute atomic E-state index is 14.0. The SMILES string of the molecule is CCC(=O)N1CCN(C(=O)CCN2CCc3sccc3C2c2cccc(F)c2)CC1C. The second-order valence-corrected chi connectivity index (χ2v) is 9.42. The lowest BCUT2D eigenvalue weighted by Gasteiger charge is -2.40. The second-order valence-electron chi connectivity index (χ2n) is 8.42. The van der Waals surface area contributed by atoms with Crippen molar-refractivity contribution in [2.45, 2.75) is 45.2 Å². The fraction of sp³-hybridized carbons (Fsp3) is 0.500. The predicted molar refractivity (Wildman–Crippen MR) is 121 cm³/mol. The van der Waals surface area contributed by atoms with Gasteiger partial charge in [0.1, 0.15) is 5.82 Å². The van der Waals surface area contributed by atoms with Crippen LogP contribution in [-0.2, 0) is 16.0 Å². The number of thiophene rings is 1. The molecule has 2 aromatic rings. The van der Waals surface area contributed by atoms with Crippen molar-refractivity contribution in [1.82, 2.24) is 14.7 Å². The fourth-order valence-corrected chi connectivity index (χ4v) is 5.74. The van der Waals surface area contributed by atoms with E-state index in [1.165, 1.54) is 16.5 Å². The summed E-state index contributed by atoms with van der Waals surface area (Å²) in [4.78, 5) is 32.4. The van der Waals surface area contributed by atoms with Gasteiger partial charge >= 0.3 is 0 Å². The first-order valence-corrected chi connectivity index (χ1v) is 12.0. The first kappa shape index (κ1) is 22.0. The first-order chi connectivity index (χ1) is 15.0. The van der Waals surface area contributed by atoms with Gasteiger partial charge in [0.05, 0.1) is 6.04 Å². The summed E-state index contributed by atoms with van der Waals surface area (Å²) in [7, 11) is 0. The molecule has 0 N–H and O–H groups in total. The van der Waals surface area contributed by atoms with Crippen LogP contribution in [0.2, 0.25) is 0 Å². The van der Waals surface area contributed by atoms with Crippen LogP contribution in [-0.4, -0.2) is 65.3 Å². The van der Waals surface area contributed by atoms with E-state index in [1.54, 1.807) is 23.5 Å². The van der Waals surface area contributed by atoms with E-state index in [0.717, 1.165) is 18.5 Å². The standard InChI is InChI=1S/C24H30FN3O2S/c1-3-22(29)28-13-12-27(16-17(28)2)23(30)8-11-26-10-7-21-20(9-14-31-21)24(26)18-5-4-6-19(25)15-18/h4-6,9,14-15,17,24H,3,7-8,10-13,16H2,1-2H3. The van der Waals surface area contributed by atoms with E-state index in [4.69, 9.17) is 0 Å². The van der Waals surface area contributed by atoms with E-state index in [1.807, 2.05) is 29.7 Å². The summed E-state index contributed by atoms with van der Waals surface area (Å²) >= 11 is 1.75. The molecule has 0 bridgehead atoms. The first-order valence-electron chi connectivity index (χ1n) is 11.1. The summed E-state index contributed by atoms with van der Waals surface area (Å²) < 4.78 is 14.0. The zero-order valence-electron chi connectivity index (χ0n) is 18.2. The Balaban J connectivity index is 1.43. The average Bonchev–Trinajstić information content (AvgIpc) is 3.25. The van der Waals surface area contributed by atoms with Crippen LogP contribution in [0.5, 0.6) is 0 Å². The lowest BCUT2D eigenvalue weighted by molar-refractivity contribution is -0.142. The van der Waals surface area contributed by atoms with Crippen molar-refractivity contribution in [3.63, 3.8) is 0 Å². The zero-order valence-corrected chi connectivity index (χ0v) is 19.0. The number of amides is 2. The highest BCUT2D eigenvalue weighted by Crippen LogP contribution is 2.38. The number of piperazine rings is 1. The third-order valence-electron chi connectivity index (χ3n) is 6.45. The molecular weight excluding hydrogens is 413 g/mol. The molecule has 7 heteroatoms. The van der Waals surface area contributed by atoms with Gasteiger partial charge in [-0.1, -0.05) is 19.1 Å². The Morgan fingerprint density at radius 1 is 1.16 bits per heavy atom. The van der Waals surface area contributed by atoms with E-state index in [-0.39, 0.29) is 29.7 Å². The van der Waals surface area contributed by atoms with Crippen molar-refractivity contribution in [2.75, 3.05) is 32.7 Å². The van der Waals surface area contributed by atoms with Crippen LogP contribution < -0.4 is 0 Å². The Hall–Kier alpha value is -2.25. The van der Waals surface area contributed by atoms with E-state index in [0.29, 0.717) is 39.0 Å². The van der Waals surface area contributed by atoms with Gasteiger partial charge in [-0.05, 0) is 48.1 Å². The quantitative estimate of drug-likeness (QED) is 0.708. The van der Waals surface area contributed by atoms with Crippen molar-refractivity contribution >= 4 is 23.2 Å². The number of fused-ring (bicyclic) bond motifs is 1. The number of carbonyl (C=O) groups excluding carboxylic acids is 2. The van der Waals surface area contributed by atoms with Crippen molar-refractivity contribution in [2.24, 2.45) is 0 Å². The number of hydrogen-bond acceptors (Lipinski definition) is 4. The third-order valence-corrected chi connectivity index (χ3v) is 7.44. The van der Waals surface area contributed by atoms with Crippen molar-refractivity contribution in [1.29, 1.82) is 0 Å². The molecule has 0 saturated carbocycles. The van der Waals surface area contributed by atoms with Crippen LogP contribution in [0.3, 0.4) is 0 Å². The Labute approximate surface area is 187 Å². The van der Waals surface area contributed by atoms with Gasteiger partial charge < -0.3 is 9.80 Å². The largest absolute Gasteiger partial charge is 0.339 e. The minimum Gasteiger partial charge on any atom is -0.339 e. The highest BCUT2D eigenvalue weighted by atomic mass is 32.1. The lowest BCUT2D eigenvalue weighted by atomic mass is 9.93. The molecule has 3 heterocycles. The molecule has 1 saturated heterocycles. The summed E-state index contributed by atoms with van der Waals surface area (Å²) in [5.41, 5.74) is 2.17. The summed E-state index contributed by atoms with van der Waals surface area (Å²) in [6.07, 6.45) is 1.89. The maximum Gasteiger partial charge on any atom is 0.223 e. The minimum absolute atomic E-state index is 0.0172. The summed E-state index contributed by atoms with van der Waals surface area (Å²) in [5.74, 6) is 0.0475. The van der Waals surface area contributed by atoms with Crippen LogP contribution in [0.1, 0.15) is 48.7 Å². The van der Waals surface area contributed by atoms with Crippen LogP contribution in [0, 0.1) is 5.82 Å². The van der Waals surface area contributed by atoms with Gasteiger partial charge in [0.25, 0.3) is 0 Å². The number of halogens is 1. The van der Waals surface area contributed by atoms with E-state index in [2.05, 4.69) is 16.3 Å². The monoisotopic (exact) mass is 443 g/mol. The smallest absolute Gasteiger partial charge is 0.223 e. The molecule has 1 aromatic heterocycles. The number of benzene rings is 1. The molecule has 5 nitrogen and oxygen atoms in total.